The summed E-state index contributed by atoms with van der Waals surface area (Å²) in [6, 6.07) is 0. The highest BCUT2D eigenvalue weighted by Crippen LogP contribution is 1.67. The summed E-state index contributed by atoms with van der Waals surface area (Å²) in [4.78, 5) is 0. The van der Waals surface area contributed by atoms with Gasteiger partial charge in [-0.05, 0) is 13.8 Å². The molecule has 0 aliphatic heterocycles. The summed E-state index contributed by atoms with van der Waals surface area (Å²) in [5.41, 5.74) is 10.6. The fourth-order valence-corrected chi connectivity index (χ4v) is 0.415. The zero-order valence-electron chi connectivity index (χ0n) is 4.81. The molecule has 0 aliphatic carbocycles. The lowest BCUT2D eigenvalue weighted by Gasteiger charge is -2.10. The molecule has 0 aromatic heterocycles. The molecule has 0 saturated carbocycles. The van der Waals surface area contributed by atoms with E-state index in [1.54, 1.807) is 0 Å². The van der Waals surface area contributed by atoms with Gasteiger partial charge in [0.15, 0.2) is 0 Å². The van der Waals surface area contributed by atoms with E-state index in [1.165, 1.54) is 0 Å². The third-order valence-corrected chi connectivity index (χ3v) is 0.526. The molecule has 0 bridgehead atoms. The Morgan fingerprint density at radius 1 is 1.14 bits per heavy atom. The summed E-state index contributed by atoms with van der Waals surface area (Å²) in [5, 5.41) is 2.86. The van der Waals surface area contributed by atoms with Crippen LogP contribution in [0.25, 0.3) is 0 Å². The molecule has 0 saturated heterocycles. The monoisotopic (exact) mass is 103 g/mol. The lowest BCUT2D eigenvalue weighted by atomic mass is 10.5. The molecule has 3 nitrogen and oxygen atoms in total. The normalized spacial score (nSPS) is 18.9. The van der Waals surface area contributed by atoms with E-state index in [1.807, 2.05) is 13.8 Å². The highest BCUT2D eigenvalue weighted by molar-refractivity contribution is 4.52. The van der Waals surface area contributed by atoms with Crippen molar-refractivity contribution in [2.24, 2.45) is 11.5 Å². The highest BCUT2D eigenvalue weighted by atomic mass is 15.1. The standard InChI is InChI=1S/C4H13N3/c1-3(5)7-4(2)6/h3-4,7H,5-6H2,1-2H3. The van der Waals surface area contributed by atoms with E-state index in [0.717, 1.165) is 0 Å². The zero-order chi connectivity index (χ0) is 5.86. The zero-order valence-corrected chi connectivity index (χ0v) is 4.81. The van der Waals surface area contributed by atoms with E-state index in [0.29, 0.717) is 0 Å². The SMILES string of the molecule is CC(N)NC(C)N. The van der Waals surface area contributed by atoms with Crippen molar-refractivity contribution in [2.45, 2.75) is 26.2 Å². The van der Waals surface area contributed by atoms with Crippen LogP contribution in [0.4, 0.5) is 0 Å². The predicted octanol–water partition coefficient (Wildman–Crippen LogP) is -0.815. The maximum atomic E-state index is 5.30. The average molecular weight is 103 g/mol. The van der Waals surface area contributed by atoms with Crippen molar-refractivity contribution < 1.29 is 0 Å². The van der Waals surface area contributed by atoms with Gasteiger partial charge in [-0.3, -0.25) is 5.32 Å². The Morgan fingerprint density at radius 2 is 1.43 bits per heavy atom. The molecule has 7 heavy (non-hydrogen) atoms. The Kier molecular flexibility index (Phi) is 2.91. The molecule has 44 valence electrons. The van der Waals surface area contributed by atoms with E-state index in [4.69, 9.17) is 11.5 Å². The van der Waals surface area contributed by atoms with Crippen LogP contribution in [0, 0.1) is 0 Å². The lowest BCUT2D eigenvalue weighted by Crippen LogP contribution is -2.44. The van der Waals surface area contributed by atoms with Crippen LogP contribution >= 0.6 is 0 Å². The molecule has 3 heteroatoms. The highest BCUT2D eigenvalue weighted by Gasteiger charge is 1.92. The number of hydrogen-bond acceptors (Lipinski definition) is 3. The molecule has 0 rings (SSSR count). The Hall–Kier alpha value is -0.120. The molecule has 0 spiro atoms. The van der Waals surface area contributed by atoms with Crippen molar-refractivity contribution in [2.75, 3.05) is 0 Å². The van der Waals surface area contributed by atoms with Crippen molar-refractivity contribution >= 4 is 0 Å². The first-order valence-corrected chi connectivity index (χ1v) is 2.40. The Morgan fingerprint density at radius 3 is 1.43 bits per heavy atom. The van der Waals surface area contributed by atoms with Gasteiger partial charge in [0.05, 0.1) is 12.3 Å². The first-order valence-electron chi connectivity index (χ1n) is 2.40. The molecule has 0 aliphatic rings. The molecule has 2 unspecified atom stereocenters. The summed E-state index contributed by atoms with van der Waals surface area (Å²) in [6.07, 6.45) is -0.000000000000000666. The summed E-state index contributed by atoms with van der Waals surface area (Å²) in [5.74, 6) is 0. The minimum atomic E-state index is -0.000000000000000444. The summed E-state index contributed by atoms with van der Waals surface area (Å²) in [6.45, 7) is 3.70. The second-order valence-corrected chi connectivity index (χ2v) is 1.74. The van der Waals surface area contributed by atoms with Crippen LogP contribution in [0.15, 0.2) is 0 Å². The number of rotatable bonds is 2. The van der Waals surface area contributed by atoms with Gasteiger partial charge in [-0.15, -0.1) is 0 Å². The third-order valence-electron chi connectivity index (χ3n) is 0.526. The Bertz CT molecular complexity index is 36.2. The van der Waals surface area contributed by atoms with Crippen LogP contribution in [0.3, 0.4) is 0 Å². The van der Waals surface area contributed by atoms with Gasteiger partial charge in [-0.1, -0.05) is 0 Å². The van der Waals surface area contributed by atoms with Gasteiger partial charge < -0.3 is 11.5 Å². The average Bonchev–Trinajstić information content (AvgIpc) is 1.27. The number of nitrogens with two attached hydrogens (primary N) is 2. The number of nitrogens with one attached hydrogen (secondary N) is 1. The first-order chi connectivity index (χ1) is 3.13. The van der Waals surface area contributed by atoms with Gasteiger partial charge in [-0.25, -0.2) is 0 Å². The van der Waals surface area contributed by atoms with E-state index in [-0.39, 0.29) is 12.3 Å². The predicted molar refractivity (Wildman–Crippen MR) is 30.4 cm³/mol. The molecule has 2 atom stereocenters. The maximum Gasteiger partial charge on any atom is 0.0529 e. The van der Waals surface area contributed by atoms with E-state index < -0.39 is 0 Å². The van der Waals surface area contributed by atoms with Gasteiger partial charge in [0, 0.05) is 0 Å². The van der Waals surface area contributed by atoms with Gasteiger partial charge in [-0.2, -0.15) is 0 Å². The molecule has 0 fully saturated rings. The van der Waals surface area contributed by atoms with Crippen molar-refractivity contribution in [3.63, 3.8) is 0 Å². The number of hydrogen-bond donors (Lipinski definition) is 3. The van der Waals surface area contributed by atoms with E-state index in [2.05, 4.69) is 5.32 Å². The van der Waals surface area contributed by atoms with Crippen LogP contribution in [0.1, 0.15) is 13.8 Å². The summed E-state index contributed by atoms with van der Waals surface area (Å²) < 4.78 is 0. The van der Waals surface area contributed by atoms with Crippen molar-refractivity contribution in [1.29, 1.82) is 0 Å². The lowest BCUT2D eigenvalue weighted by molar-refractivity contribution is 0.488. The molecule has 5 N–H and O–H groups in total. The topological polar surface area (TPSA) is 64.1 Å². The fourth-order valence-electron chi connectivity index (χ4n) is 0.415. The molecule has 0 heterocycles. The molecular formula is C4H13N3. The first kappa shape index (κ1) is 6.88. The van der Waals surface area contributed by atoms with Crippen LogP contribution in [-0.4, -0.2) is 12.3 Å². The van der Waals surface area contributed by atoms with Crippen molar-refractivity contribution in [3.8, 4) is 0 Å². The van der Waals surface area contributed by atoms with E-state index in [9.17, 15) is 0 Å². The van der Waals surface area contributed by atoms with Crippen LogP contribution in [0.5, 0.6) is 0 Å². The molecular weight excluding hydrogens is 90.1 g/mol. The van der Waals surface area contributed by atoms with E-state index >= 15 is 0 Å². The van der Waals surface area contributed by atoms with Crippen molar-refractivity contribution in [3.05, 3.63) is 0 Å². The van der Waals surface area contributed by atoms with Crippen LogP contribution in [-0.2, 0) is 0 Å². The second kappa shape index (κ2) is 2.96. The van der Waals surface area contributed by atoms with Crippen molar-refractivity contribution in [1.82, 2.24) is 5.32 Å². The minimum Gasteiger partial charge on any atom is -0.316 e. The maximum absolute atomic E-state index is 5.30. The summed E-state index contributed by atoms with van der Waals surface area (Å²) >= 11 is 0. The quantitative estimate of drug-likeness (QED) is 0.400. The Labute approximate surface area is 44.1 Å². The van der Waals surface area contributed by atoms with Crippen LogP contribution < -0.4 is 16.8 Å². The van der Waals surface area contributed by atoms with Gasteiger partial charge in [0.2, 0.25) is 0 Å². The third kappa shape index (κ3) is 5.88. The van der Waals surface area contributed by atoms with Gasteiger partial charge >= 0.3 is 0 Å². The minimum absolute atomic E-state index is 0.000000000000000222. The largest absolute Gasteiger partial charge is 0.316 e. The Balaban J connectivity index is 2.95. The van der Waals surface area contributed by atoms with Gasteiger partial charge in [0.1, 0.15) is 0 Å². The molecule has 0 aromatic rings. The smallest absolute Gasteiger partial charge is 0.0529 e. The molecule has 0 radical (unpaired) electrons. The molecule has 0 aromatic carbocycles. The fraction of sp³-hybridized carbons (Fsp3) is 1.00. The molecule has 0 amide bonds. The van der Waals surface area contributed by atoms with Gasteiger partial charge in [0.25, 0.3) is 0 Å². The van der Waals surface area contributed by atoms with Crippen LogP contribution in [0.2, 0.25) is 0 Å². The summed E-state index contributed by atoms with van der Waals surface area (Å²) in [7, 11) is 0. The second-order valence-electron chi connectivity index (χ2n) is 1.74.